The highest BCUT2D eigenvalue weighted by atomic mass is 19.4. The summed E-state index contributed by atoms with van der Waals surface area (Å²) in [5.74, 6) is 0.978. The maximum Gasteiger partial charge on any atom is 0.416 e. The molecule has 2 aliphatic heterocycles. The lowest BCUT2D eigenvalue weighted by Gasteiger charge is -2.33. The molecule has 42 heavy (non-hydrogen) atoms. The standard InChI is InChI=1S/C25H23F3O2.C5H10FN.C3H8.C2H6/c1-5-17(10-9-15(2)3)24-23(18-7-6-8-19(13-18)25(26,27)28)16(4)21-14-20(29)11-12-22(21)30-24;1-7-3-5(2-6)4-7;1-3-2;1-2/h5-14,24,29H,2H2,1,3-4H3;5H,2-4H2,1H3;3H2,1-2H3;1-2H3/b10-9-,17-5+;;;/t24-;;;/m1.../s1. The Morgan fingerprint density at radius 2 is 1.71 bits per heavy atom. The molecule has 1 saturated heterocycles. The van der Waals surface area contributed by atoms with Gasteiger partial charge in [0.15, 0.2) is 0 Å². The average molecular weight is 590 g/mol. The number of aromatic hydroxyl groups is 1. The van der Waals surface area contributed by atoms with E-state index in [-0.39, 0.29) is 12.4 Å². The quantitative estimate of drug-likeness (QED) is 0.278. The molecule has 0 bridgehead atoms. The minimum atomic E-state index is -4.45. The van der Waals surface area contributed by atoms with Crippen molar-refractivity contribution in [3.63, 3.8) is 0 Å². The number of phenols is 1. The summed E-state index contributed by atoms with van der Waals surface area (Å²) in [6.45, 7) is 19.4. The van der Waals surface area contributed by atoms with Crippen molar-refractivity contribution in [1.29, 1.82) is 0 Å². The van der Waals surface area contributed by atoms with Gasteiger partial charge in [-0.2, -0.15) is 13.2 Å². The maximum atomic E-state index is 13.3. The number of fused-ring (bicyclic) bond motifs is 1. The molecule has 1 atom stereocenters. The van der Waals surface area contributed by atoms with Gasteiger partial charge in [0.25, 0.3) is 0 Å². The molecule has 232 valence electrons. The van der Waals surface area contributed by atoms with Gasteiger partial charge in [0.1, 0.15) is 17.6 Å². The van der Waals surface area contributed by atoms with Crippen molar-refractivity contribution in [2.75, 3.05) is 26.8 Å². The first-order chi connectivity index (χ1) is 19.9. The molecule has 2 heterocycles. The molecule has 4 rings (SSSR count). The number of allylic oxidation sites excluding steroid dienone is 4. The van der Waals surface area contributed by atoms with Crippen LogP contribution in [0.3, 0.4) is 0 Å². The highest BCUT2D eigenvalue weighted by Gasteiger charge is 2.34. The van der Waals surface area contributed by atoms with Gasteiger partial charge in [-0.05, 0) is 74.9 Å². The zero-order valence-electron chi connectivity index (χ0n) is 26.3. The van der Waals surface area contributed by atoms with Gasteiger partial charge in [-0.25, -0.2) is 0 Å². The second kappa shape index (κ2) is 17.6. The number of halogens is 4. The van der Waals surface area contributed by atoms with Gasteiger partial charge < -0.3 is 14.7 Å². The highest BCUT2D eigenvalue weighted by Crippen LogP contribution is 2.44. The van der Waals surface area contributed by atoms with E-state index >= 15 is 0 Å². The smallest absolute Gasteiger partial charge is 0.416 e. The van der Waals surface area contributed by atoms with Crippen LogP contribution in [0.5, 0.6) is 11.5 Å². The van der Waals surface area contributed by atoms with Crippen LogP contribution in [0.15, 0.2) is 78.4 Å². The van der Waals surface area contributed by atoms with Crippen molar-refractivity contribution in [1.82, 2.24) is 4.90 Å². The number of alkyl halides is 4. The second-order valence-electron chi connectivity index (χ2n) is 10.2. The van der Waals surface area contributed by atoms with Gasteiger partial charge in [0, 0.05) is 30.1 Å². The van der Waals surface area contributed by atoms with Crippen LogP contribution < -0.4 is 4.74 Å². The van der Waals surface area contributed by atoms with Gasteiger partial charge in [-0.1, -0.05) is 76.6 Å². The summed E-state index contributed by atoms with van der Waals surface area (Å²) < 4.78 is 57.8. The predicted octanol–water partition coefficient (Wildman–Crippen LogP) is 10.1. The molecule has 3 nitrogen and oxygen atoms in total. The Bertz CT molecular complexity index is 1240. The Hall–Kier alpha value is -3.32. The molecule has 0 spiro atoms. The number of benzene rings is 2. The van der Waals surface area contributed by atoms with E-state index in [0.717, 1.165) is 41.9 Å². The third kappa shape index (κ3) is 10.5. The second-order valence-corrected chi connectivity index (χ2v) is 10.2. The molecule has 2 aliphatic rings. The van der Waals surface area contributed by atoms with Crippen LogP contribution in [0.25, 0.3) is 11.1 Å². The van der Waals surface area contributed by atoms with Gasteiger partial charge in [-0.15, -0.1) is 0 Å². The third-order valence-electron chi connectivity index (χ3n) is 6.33. The predicted molar refractivity (Wildman–Crippen MR) is 168 cm³/mol. The fourth-order valence-corrected chi connectivity index (χ4v) is 4.41. The summed E-state index contributed by atoms with van der Waals surface area (Å²) >= 11 is 0. The Morgan fingerprint density at radius 1 is 1.10 bits per heavy atom. The number of likely N-dealkylation sites (tertiary alicyclic amines) is 1. The first-order valence-electron chi connectivity index (χ1n) is 14.5. The molecule has 0 saturated carbocycles. The lowest BCUT2D eigenvalue weighted by atomic mass is 9.85. The van der Waals surface area contributed by atoms with Gasteiger partial charge in [0.05, 0.1) is 12.2 Å². The molecule has 0 amide bonds. The van der Waals surface area contributed by atoms with Crippen LogP contribution in [-0.2, 0) is 6.18 Å². The molecular formula is C35H47F4NO2. The van der Waals surface area contributed by atoms with Crippen molar-refractivity contribution >= 4 is 11.1 Å². The molecule has 0 unspecified atom stereocenters. The molecule has 0 aliphatic carbocycles. The molecule has 1 fully saturated rings. The summed E-state index contributed by atoms with van der Waals surface area (Å²) in [4.78, 5) is 2.12. The van der Waals surface area contributed by atoms with Crippen LogP contribution in [0.2, 0.25) is 0 Å². The summed E-state index contributed by atoms with van der Waals surface area (Å²) in [5.41, 5.74) is 3.36. The number of ether oxygens (including phenoxy) is 1. The van der Waals surface area contributed by atoms with E-state index in [1.807, 2.05) is 59.9 Å². The van der Waals surface area contributed by atoms with E-state index < -0.39 is 17.8 Å². The Balaban J connectivity index is 0.000000618. The number of hydrogen-bond acceptors (Lipinski definition) is 3. The zero-order valence-corrected chi connectivity index (χ0v) is 26.3. The Morgan fingerprint density at radius 3 is 2.19 bits per heavy atom. The average Bonchev–Trinajstić information content (AvgIpc) is 2.93. The summed E-state index contributed by atoms with van der Waals surface area (Å²) in [6.07, 6.45) is 1.76. The van der Waals surface area contributed by atoms with Crippen molar-refractivity contribution in [2.45, 2.75) is 67.2 Å². The molecule has 2 aromatic rings. The van der Waals surface area contributed by atoms with Crippen molar-refractivity contribution < 1.29 is 27.4 Å². The van der Waals surface area contributed by atoms with Crippen molar-refractivity contribution in [3.05, 3.63) is 95.1 Å². The van der Waals surface area contributed by atoms with Gasteiger partial charge >= 0.3 is 6.18 Å². The fourth-order valence-electron chi connectivity index (χ4n) is 4.41. The van der Waals surface area contributed by atoms with E-state index in [0.29, 0.717) is 28.4 Å². The molecule has 2 aromatic carbocycles. The van der Waals surface area contributed by atoms with Crippen LogP contribution in [-0.4, -0.2) is 42.9 Å². The summed E-state index contributed by atoms with van der Waals surface area (Å²) in [6, 6.07) is 9.99. The van der Waals surface area contributed by atoms with E-state index in [1.165, 1.54) is 18.6 Å². The van der Waals surface area contributed by atoms with Crippen molar-refractivity contribution in [2.24, 2.45) is 5.92 Å². The summed E-state index contributed by atoms with van der Waals surface area (Å²) in [5, 5.41) is 9.92. The normalized spacial score (nSPS) is 17.0. The maximum absolute atomic E-state index is 13.3. The van der Waals surface area contributed by atoms with Crippen LogP contribution in [0.1, 0.15) is 71.6 Å². The van der Waals surface area contributed by atoms with Crippen molar-refractivity contribution in [3.8, 4) is 11.5 Å². The van der Waals surface area contributed by atoms with Crippen LogP contribution in [0.4, 0.5) is 17.6 Å². The molecule has 1 N–H and O–H groups in total. The lowest BCUT2D eigenvalue weighted by Crippen LogP contribution is -2.44. The van der Waals surface area contributed by atoms with Crippen LogP contribution in [0, 0.1) is 5.92 Å². The number of hydrogen-bond donors (Lipinski definition) is 1. The molecular weight excluding hydrogens is 542 g/mol. The molecule has 7 heteroatoms. The van der Waals surface area contributed by atoms with Gasteiger partial charge in [0.2, 0.25) is 0 Å². The first kappa shape index (κ1) is 36.7. The topological polar surface area (TPSA) is 32.7 Å². The SMILES string of the molecule is C=C(C)/C=C\C(=C/C)[C@H]1Oc2ccc(O)cc2C(C)=C1c1cccc(C(F)(F)F)c1.CC.CCC.CN1CC(CF)C1. The van der Waals surface area contributed by atoms with E-state index in [9.17, 15) is 22.7 Å². The fraction of sp³-hybridized carbons (Fsp3) is 0.429. The minimum Gasteiger partial charge on any atom is -0.508 e. The lowest BCUT2D eigenvalue weighted by molar-refractivity contribution is -0.137. The first-order valence-corrected chi connectivity index (χ1v) is 14.5. The van der Waals surface area contributed by atoms with Gasteiger partial charge in [-0.3, -0.25) is 4.39 Å². The number of nitrogens with zero attached hydrogens (tertiary/aromatic N) is 1. The molecule has 0 radical (unpaired) electrons. The zero-order chi connectivity index (χ0) is 32.0. The Labute approximate surface area is 249 Å². The largest absolute Gasteiger partial charge is 0.508 e. The monoisotopic (exact) mass is 589 g/mol. The summed E-state index contributed by atoms with van der Waals surface area (Å²) in [7, 11) is 2.01. The van der Waals surface area contributed by atoms with Crippen LogP contribution >= 0.6 is 0 Å². The van der Waals surface area contributed by atoms with E-state index in [1.54, 1.807) is 18.2 Å². The van der Waals surface area contributed by atoms with E-state index in [4.69, 9.17) is 4.74 Å². The Kier molecular flexibility index (Phi) is 15.4. The number of phenolic OH excluding ortho intramolecular Hbond substituents is 1. The highest BCUT2D eigenvalue weighted by molar-refractivity contribution is 5.96. The molecule has 0 aromatic heterocycles. The van der Waals surface area contributed by atoms with E-state index in [2.05, 4.69) is 25.3 Å². The third-order valence-corrected chi connectivity index (χ3v) is 6.33. The number of rotatable bonds is 5. The minimum absolute atomic E-state index is 0.0620.